The Morgan fingerprint density at radius 3 is 2.14 bits per heavy atom. The summed E-state index contributed by atoms with van der Waals surface area (Å²) < 4.78 is 0. The molecule has 0 radical (unpaired) electrons. The zero-order valence-electron chi connectivity index (χ0n) is 21.1. The van der Waals surface area contributed by atoms with E-state index < -0.39 is 0 Å². The van der Waals surface area contributed by atoms with Gasteiger partial charge < -0.3 is 20.9 Å². The van der Waals surface area contributed by atoms with Crippen molar-refractivity contribution in [1.29, 1.82) is 0 Å². The van der Waals surface area contributed by atoms with E-state index in [9.17, 15) is 14.4 Å². The Morgan fingerprint density at radius 2 is 1.51 bits per heavy atom. The molecule has 1 saturated heterocycles. The van der Waals surface area contributed by atoms with Crippen molar-refractivity contribution >= 4 is 23.5 Å². The molecule has 7 nitrogen and oxygen atoms in total. The normalized spacial score (nSPS) is 33.3. The summed E-state index contributed by atoms with van der Waals surface area (Å²) in [7, 11) is 0. The predicted octanol–water partition coefficient (Wildman–Crippen LogP) is 4.40. The van der Waals surface area contributed by atoms with Crippen LogP contribution in [0, 0.1) is 29.6 Å². The first-order chi connectivity index (χ1) is 16.8. The van der Waals surface area contributed by atoms with Crippen LogP contribution >= 0.6 is 0 Å². The van der Waals surface area contributed by atoms with Crippen LogP contribution in [0.2, 0.25) is 0 Å². The van der Waals surface area contributed by atoms with E-state index >= 15 is 0 Å². The van der Waals surface area contributed by atoms with Crippen LogP contribution in [0.1, 0.15) is 75.6 Å². The second-order valence-corrected chi connectivity index (χ2v) is 12.1. The standard InChI is InChI=1S/C28H40N4O3/c1-18-9-19(2)17-32(16-18)26(34)23-5-3-4-6-24(23)30-25(33)7-8-29-27(35)31-28-13-20-10-21(14-28)12-22(11-20)15-28/h3-6,18-22H,7-17H2,1-2H3,(H,30,33)(H2,29,31,35). The highest BCUT2D eigenvalue weighted by molar-refractivity contribution is 6.03. The Balaban J connectivity index is 1.11. The maximum absolute atomic E-state index is 13.2. The van der Waals surface area contributed by atoms with Gasteiger partial charge in [-0.3, -0.25) is 9.59 Å². The number of hydrogen-bond donors (Lipinski definition) is 3. The molecule has 0 aromatic heterocycles. The van der Waals surface area contributed by atoms with Crippen LogP contribution in [0.25, 0.3) is 0 Å². The summed E-state index contributed by atoms with van der Waals surface area (Å²) in [5.41, 5.74) is 1.02. The summed E-state index contributed by atoms with van der Waals surface area (Å²) >= 11 is 0. The van der Waals surface area contributed by atoms with Crippen molar-refractivity contribution in [2.45, 2.75) is 70.8 Å². The van der Waals surface area contributed by atoms with Gasteiger partial charge in [0.05, 0.1) is 11.3 Å². The molecule has 3 N–H and O–H groups in total. The third-order valence-electron chi connectivity index (χ3n) is 8.64. The summed E-state index contributed by atoms with van der Waals surface area (Å²) in [5.74, 6) is 3.01. The minimum Gasteiger partial charge on any atom is -0.338 e. The lowest BCUT2D eigenvalue weighted by atomic mass is 9.53. The van der Waals surface area contributed by atoms with Gasteiger partial charge in [0.25, 0.3) is 5.91 Å². The van der Waals surface area contributed by atoms with Crippen LogP contribution in [0.15, 0.2) is 24.3 Å². The number of nitrogens with one attached hydrogen (secondary N) is 3. The van der Waals surface area contributed by atoms with Crippen molar-refractivity contribution in [2.75, 3.05) is 25.0 Å². The molecule has 2 unspecified atom stereocenters. The highest BCUT2D eigenvalue weighted by atomic mass is 16.2. The van der Waals surface area contributed by atoms with Crippen LogP contribution < -0.4 is 16.0 Å². The third-order valence-corrected chi connectivity index (χ3v) is 8.64. The number of urea groups is 1. The maximum atomic E-state index is 13.2. The van der Waals surface area contributed by atoms with E-state index in [2.05, 4.69) is 29.8 Å². The average molecular weight is 481 g/mol. The zero-order valence-corrected chi connectivity index (χ0v) is 21.1. The summed E-state index contributed by atoms with van der Waals surface area (Å²) in [5, 5.41) is 9.07. The number of likely N-dealkylation sites (tertiary alicyclic amines) is 1. The van der Waals surface area contributed by atoms with Crippen molar-refractivity contribution in [3.05, 3.63) is 29.8 Å². The first-order valence-corrected chi connectivity index (χ1v) is 13.5. The van der Waals surface area contributed by atoms with Crippen molar-refractivity contribution in [1.82, 2.24) is 15.5 Å². The molecule has 1 aromatic carbocycles. The van der Waals surface area contributed by atoms with Gasteiger partial charge in [0.2, 0.25) is 5.91 Å². The number of carbonyl (C=O) groups is 3. The quantitative estimate of drug-likeness (QED) is 0.564. The molecule has 35 heavy (non-hydrogen) atoms. The van der Waals surface area contributed by atoms with Crippen molar-refractivity contribution in [3.8, 4) is 0 Å². The van der Waals surface area contributed by atoms with Gasteiger partial charge in [-0.1, -0.05) is 26.0 Å². The summed E-state index contributed by atoms with van der Waals surface area (Å²) in [6, 6.07) is 7.04. The highest BCUT2D eigenvalue weighted by Crippen LogP contribution is 2.55. The van der Waals surface area contributed by atoms with Gasteiger partial charge >= 0.3 is 6.03 Å². The van der Waals surface area contributed by atoms with Gasteiger partial charge in [-0.25, -0.2) is 4.79 Å². The molecular formula is C28H40N4O3. The molecule has 1 aromatic rings. The Morgan fingerprint density at radius 1 is 0.914 bits per heavy atom. The van der Waals surface area contributed by atoms with Crippen molar-refractivity contribution < 1.29 is 14.4 Å². The Labute approximate surface area is 208 Å². The predicted molar refractivity (Wildman–Crippen MR) is 136 cm³/mol. The van der Waals surface area contributed by atoms with E-state index in [1.165, 1.54) is 19.3 Å². The molecule has 4 bridgehead atoms. The van der Waals surface area contributed by atoms with Crippen LogP contribution in [0.5, 0.6) is 0 Å². The first kappa shape index (κ1) is 24.1. The molecule has 0 spiro atoms. The molecule has 5 aliphatic rings. The molecule has 5 fully saturated rings. The van der Waals surface area contributed by atoms with E-state index in [4.69, 9.17) is 0 Å². The average Bonchev–Trinajstić information content (AvgIpc) is 2.77. The van der Waals surface area contributed by atoms with Crippen molar-refractivity contribution in [2.24, 2.45) is 29.6 Å². The Hall–Kier alpha value is -2.57. The van der Waals surface area contributed by atoms with Crippen LogP contribution in [0.3, 0.4) is 0 Å². The van der Waals surface area contributed by atoms with Crippen LogP contribution in [0.4, 0.5) is 10.5 Å². The molecular weight excluding hydrogens is 440 g/mol. The SMILES string of the molecule is CC1CC(C)CN(C(=O)c2ccccc2NC(=O)CCNC(=O)NC23CC4CC(CC(C4)C2)C3)C1. The molecule has 7 heteroatoms. The van der Waals surface area contributed by atoms with Gasteiger partial charge in [0.1, 0.15) is 0 Å². The van der Waals surface area contributed by atoms with Gasteiger partial charge in [-0.2, -0.15) is 0 Å². The summed E-state index contributed by atoms with van der Waals surface area (Å²) in [4.78, 5) is 40.4. The summed E-state index contributed by atoms with van der Waals surface area (Å²) in [6.45, 7) is 6.11. The maximum Gasteiger partial charge on any atom is 0.315 e. The third kappa shape index (κ3) is 5.49. The molecule has 190 valence electrons. The van der Waals surface area contributed by atoms with Crippen LogP contribution in [-0.4, -0.2) is 47.9 Å². The van der Waals surface area contributed by atoms with Crippen LogP contribution in [-0.2, 0) is 4.79 Å². The minimum atomic E-state index is -0.208. The molecule has 6 rings (SSSR count). The first-order valence-electron chi connectivity index (χ1n) is 13.5. The smallest absolute Gasteiger partial charge is 0.315 e. The molecule has 1 aliphatic heterocycles. The van der Waals surface area contributed by atoms with Crippen molar-refractivity contribution in [3.63, 3.8) is 0 Å². The fourth-order valence-electron chi connectivity index (χ4n) is 7.83. The van der Waals surface area contributed by atoms with E-state index in [0.29, 0.717) is 23.1 Å². The number of rotatable bonds is 6. The molecule has 4 aliphatic carbocycles. The van der Waals surface area contributed by atoms with Gasteiger partial charge in [0.15, 0.2) is 0 Å². The zero-order chi connectivity index (χ0) is 24.6. The lowest BCUT2D eigenvalue weighted by molar-refractivity contribution is -0.116. The number of carbonyl (C=O) groups excluding carboxylic acids is 3. The number of benzene rings is 1. The topological polar surface area (TPSA) is 90.5 Å². The molecule has 1 heterocycles. The Kier molecular flexibility index (Phi) is 6.78. The number of hydrogen-bond acceptors (Lipinski definition) is 3. The van der Waals surface area contributed by atoms with E-state index in [1.807, 2.05) is 17.0 Å². The number of nitrogens with zero attached hydrogens (tertiary/aromatic N) is 1. The Bertz CT molecular complexity index is 931. The molecule has 4 amide bonds. The number of anilines is 1. The summed E-state index contributed by atoms with van der Waals surface area (Å²) in [6.07, 6.45) is 8.61. The van der Waals surface area contributed by atoms with E-state index in [-0.39, 0.29) is 36.3 Å². The second kappa shape index (κ2) is 9.82. The van der Waals surface area contributed by atoms with Gasteiger partial charge in [0, 0.05) is 31.6 Å². The monoisotopic (exact) mass is 480 g/mol. The number of para-hydroxylation sites is 1. The second-order valence-electron chi connectivity index (χ2n) is 12.1. The minimum absolute atomic E-state index is 0.0348. The molecule has 4 saturated carbocycles. The van der Waals surface area contributed by atoms with Gasteiger partial charge in [-0.15, -0.1) is 0 Å². The lowest BCUT2D eigenvalue weighted by Gasteiger charge is -2.56. The molecule has 2 atom stereocenters. The van der Waals surface area contributed by atoms with Gasteiger partial charge in [-0.05, 0) is 86.7 Å². The largest absolute Gasteiger partial charge is 0.338 e. The lowest BCUT2D eigenvalue weighted by Crippen LogP contribution is -2.61. The fourth-order valence-corrected chi connectivity index (χ4v) is 7.83. The fraction of sp³-hybridized carbons (Fsp3) is 0.679. The van der Waals surface area contributed by atoms with E-state index in [1.54, 1.807) is 12.1 Å². The number of piperidine rings is 1. The number of amides is 4. The highest BCUT2D eigenvalue weighted by Gasteiger charge is 2.51. The van der Waals surface area contributed by atoms with E-state index in [0.717, 1.165) is 56.5 Å².